The van der Waals surface area contributed by atoms with Gasteiger partial charge in [0.1, 0.15) is 0 Å². The van der Waals surface area contributed by atoms with E-state index in [1.807, 2.05) is 30.6 Å². The Morgan fingerprint density at radius 2 is 2.07 bits per heavy atom. The van der Waals surface area contributed by atoms with Crippen molar-refractivity contribution >= 4 is 28.5 Å². The van der Waals surface area contributed by atoms with Gasteiger partial charge in [0, 0.05) is 28.9 Å². The van der Waals surface area contributed by atoms with E-state index in [0.29, 0.717) is 23.1 Å². The van der Waals surface area contributed by atoms with Crippen LogP contribution < -0.4 is 10.2 Å². The summed E-state index contributed by atoms with van der Waals surface area (Å²) in [6.45, 7) is 7.87. The molecule has 0 atom stereocenters. The second-order valence-corrected chi connectivity index (χ2v) is 7.78. The molecule has 0 aliphatic rings. The molecule has 0 aromatic carbocycles. The smallest absolute Gasteiger partial charge is 0.406 e. The first-order chi connectivity index (χ1) is 13.9. The Kier molecular flexibility index (Phi) is 4.98. The topological polar surface area (TPSA) is 94.8 Å². The minimum absolute atomic E-state index is 0.285. The number of rotatable bonds is 4. The van der Waals surface area contributed by atoms with Crippen LogP contribution in [0.15, 0.2) is 36.1 Å². The molecule has 0 unspecified atom stereocenters. The number of amides is 1. The minimum atomic E-state index is -0.646. The average molecular weight is 408 g/mol. The van der Waals surface area contributed by atoms with Crippen molar-refractivity contribution in [2.75, 3.05) is 5.43 Å². The quantitative estimate of drug-likeness (QED) is 0.537. The van der Waals surface area contributed by atoms with Gasteiger partial charge in [0.05, 0.1) is 11.9 Å². The summed E-state index contributed by atoms with van der Waals surface area (Å²) in [7, 11) is 0. The number of carbonyl (C=O) groups excluding carboxylic acids is 1. The third-order valence-corrected chi connectivity index (χ3v) is 5.33. The standard InChI is InChI=1S/C20H20N6O2S/c1-11(2)15-9-26(18-14(15)6-5-7-21-18)25-20(27)28-16-8-22-17(24-13(16)4)19-23-12(3)10-29-19/h5-11H,1-4H3,(H,25,27). The number of hydrogen-bond donors (Lipinski definition) is 1. The average Bonchev–Trinajstić information content (AvgIpc) is 3.28. The summed E-state index contributed by atoms with van der Waals surface area (Å²) in [6, 6.07) is 3.86. The number of aromatic nitrogens is 5. The van der Waals surface area contributed by atoms with Crippen LogP contribution in [0.1, 0.15) is 36.7 Å². The number of aryl methyl sites for hydroxylation is 2. The molecule has 4 heterocycles. The van der Waals surface area contributed by atoms with Crippen molar-refractivity contribution in [3.8, 4) is 16.6 Å². The molecule has 0 spiro atoms. The maximum atomic E-state index is 12.5. The van der Waals surface area contributed by atoms with E-state index in [0.717, 1.165) is 21.7 Å². The summed E-state index contributed by atoms with van der Waals surface area (Å²) in [5.74, 6) is 1.09. The van der Waals surface area contributed by atoms with E-state index in [1.165, 1.54) is 17.5 Å². The molecule has 0 aliphatic heterocycles. The van der Waals surface area contributed by atoms with Gasteiger partial charge in [-0.3, -0.25) is 0 Å². The first-order valence-corrected chi connectivity index (χ1v) is 10.0. The number of thiazole rings is 1. The van der Waals surface area contributed by atoms with Gasteiger partial charge in [-0.05, 0) is 37.5 Å². The van der Waals surface area contributed by atoms with Crippen LogP contribution in [-0.4, -0.2) is 30.7 Å². The lowest BCUT2D eigenvalue weighted by Crippen LogP contribution is -2.26. The summed E-state index contributed by atoms with van der Waals surface area (Å²) in [4.78, 5) is 29.9. The van der Waals surface area contributed by atoms with Crippen LogP contribution in [0.4, 0.5) is 4.79 Å². The number of hydrogen-bond acceptors (Lipinski definition) is 7. The highest BCUT2D eigenvalue weighted by Gasteiger charge is 2.16. The Labute approximate surface area is 171 Å². The first-order valence-electron chi connectivity index (χ1n) is 9.13. The summed E-state index contributed by atoms with van der Waals surface area (Å²) in [5.41, 5.74) is 5.94. The fourth-order valence-electron chi connectivity index (χ4n) is 2.97. The molecule has 0 saturated heterocycles. The largest absolute Gasteiger partial charge is 0.432 e. The van der Waals surface area contributed by atoms with Crippen LogP contribution >= 0.6 is 11.3 Å². The molecule has 4 aromatic rings. The van der Waals surface area contributed by atoms with E-state index < -0.39 is 6.09 Å². The van der Waals surface area contributed by atoms with Crippen molar-refractivity contribution in [2.45, 2.75) is 33.6 Å². The number of ether oxygens (including phenoxy) is 1. The zero-order chi connectivity index (χ0) is 20.5. The molecule has 0 bridgehead atoms. The molecule has 4 rings (SSSR count). The van der Waals surface area contributed by atoms with Gasteiger partial charge < -0.3 is 4.74 Å². The number of pyridine rings is 1. The maximum Gasteiger partial charge on any atom is 0.432 e. The molecular formula is C20H20N6O2S. The zero-order valence-corrected chi connectivity index (χ0v) is 17.3. The van der Waals surface area contributed by atoms with Crippen LogP contribution in [0.5, 0.6) is 5.75 Å². The summed E-state index contributed by atoms with van der Waals surface area (Å²) in [5, 5.41) is 3.66. The van der Waals surface area contributed by atoms with E-state index in [-0.39, 0.29) is 5.75 Å². The Hall–Kier alpha value is -3.33. The lowest BCUT2D eigenvalue weighted by molar-refractivity contribution is 0.211. The third kappa shape index (κ3) is 3.81. The number of nitrogens with one attached hydrogen (secondary N) is 1. The highest BCUT2D eigenvalue weighted by molar-refractivity contribution is 7.13. The molecular weight excluding hydrogens is 388 g/mol. The predicted octanol–water partition coefficient (Wildman–Crippen LogP) is 4.43. The molecule has 0 radical (unpaired) electrons. The third-order valence-electron chi connectivity index (χ3n) is 4.38. The van der Waals surface area contributed by atoms with Crippen LogP contribution in [0.2, 0.25) is 0 Å². The number of carbonyl (C=O) groups is 1. The Balaban J connectivity index is 1.54. The molecule has 148 valence electrons. The van der Waals surface area contributed by atoms with Gasteiger partial charge in [0.25, 0.3) is 0 Å². The van der Waals surface area contributed by atoms with E-state index in [2.05, 4.69) is 39.2 Å². The van der Waals surface area contributed by atoms with Crippen LogP contribution in [0.3, 0.4) is 0 Å². The van der Waals surface area contributed by atoms with Gasteiger partial charge in [0.2, 0.25) is 0 Å². The molecule has 1 amide bonds. The maximum absolute atomic E-state index is 12.5. The summed E-state index contributed by atoms with van der Waals surface area (Å²) < 4.78 is 7.00. The van der Waals surface area contributed by atoms with E-state index >= 15 is 0 Å². The van der Waals surface area contributed by atoms with E-state index in [1.54, 1.807) is 17.8 Å². The van der Waals surface area contributed by atoms with Crippen LogP contribution in [-0.2, 0) is 0 Å². The van der Waals surface area contributed by atoms with Gasteiger partial charge in [0.15, 0.2) is 22.2 Å². The summed E-state index contributed by atoms with van der Waals surface area (Å²) >= 11 is 1.47. The highest BCUT2D eigenvalue weighted by atomic mass is 32.1. The second kappa shape index (κ2) is 7.59. The summed E-state index contributed by atoms with van der Waals surface area (Å²) in [6.07, 6.45) is 4.39. The normalized spacial score (nSPS) is 11.2. The fraction of sp³-hybridized carbons (Fsp3) is 0.250. The van der Waals surface area contributed by atoms with Crippen molar-refractivity contribution in [1.29, 1.82) is 0 Å². The molecule has 0 saturated carbocycles. The minimum Gasteiger partial charge on any atom is -0.406 e. The van der Waals surface area contributed by atoms with Crippen LogP contribution in [0.25, 0.3) is 21.9 Å². The SMILES string of the molecule is Cc1csc(-c2ncc(OC(=O)Nn3cc(C(C)C)c4cccnc43)c(C)n2)n1. The van der Waals surface area contributed by atoms with Gasteiger partial charge in [-0.15, -0.1) is 11.3 Å². The Morgan fingerprint density at radius 1 is 1.24 bits per heavy atom. The van der Waals surface area contributed by atoms with Crippen molar-refractivity contribution in [3.05, 3.63) is 53.1 Å². The van der Waals surface area contributed by atoms with Gasteiger partial charge in [-0.1, -0.05) is 13.8 Å². The van der Waals surface area contributed by atoms with Crippen molar-refractivity contribution in [2.24, 2.45) is 0 Å². The van der Waals surface area contributed by atoms with E-state index in [4.69, 9.17) is 4.74 Å². The Morgan fingerprint density at radius 3 is 2.76 bits per heavy atom. The second-order valence-electron chi connectivity index (χ2n) is 6.92. The van der Waals surface area contributed by atoms with Gasteiger partial charge in [-0.2, -0.15) is 0 Å². The molecule has 29 heavy (non-hydrogen) atoms. The monoisotopic (exact) mass is 408 g/mol. The van der Waals surface area contributed by atoms with Crippen molar-refractivity contribution in [1.82, 2.24) is 24.6 Å². The molecule has 9 heteroatoms. The van der Waals surface area contributed by atoms with E-state index in [9.17, 15) is 4.79 Å². The Bertz CT molecular complexity index is 1200. The molecule has 8 nitrogen and oxygen atoms in total. The van der Waals surface area contributed by atoms with Crippen molar-refractivity contribution in [3.63, 3.8) is 0 Å². The van der Waals surface area contributed by atoms with Gasteiger partial charge >= 0.3 is 6.09 Å². The first kappa shape index (κ1) is 19.0. The number of nitrogens with zero attached hydrogens (tertiary/aromatic N) is 5. The molecule has 1 N–H and O–H groups in total. The lowest BCUT2D eigenvalue weighted by atomic mass is 10.0. The lowest BCUT2D eigenvalue weighted by Gasteiger charge is -2.09. The highest BCUT2D eigenvalue weighted by Crippen LogP contribution is 2.26. The van der Waals surface area contributed by atoms with Crippen LogP contribution in [0, 0.1) is 13.8 Å². The molecule has 0 aliphatic carbocycles. The molecule has 4 aromatic heterocycles. The zero-order valence-electron chi connectivity index (χ0n) is 16.5. The fourth-order valence-corrected chi connectivity index (χ4v) is 3.70. The number of fused-ring (bicyclic) bond motifs is 1. The van der Waals surface area contributed by atoms with Gasteiger partial charge in [-0.25, -0.2) is 34.8 Å². The predicted molar refractivity (Wildman–Crippen MR) is 112 cm³/mol. The van der Waals surface area contributed by atoms with Crippen molar-refractivity contribution < 1.29 is 9.53 Å². The molecule has 0 fully saturated rings.